The average molecular weight is 218 g/mol. The molecule has 0 amide bonds. The summed E-state index contributed by atoms with van der Waals surface area (Å²) in [5.74, 6) is 0.229. The third kappa shape index (κ3) is 2.03. The lowest BCUT2D eigenvalue weighted by molar-refractivity contribution is -0.384. The van der Waals surface area contributed by atoms with Crippen LogP contribution in [0.25, 0.3) is 0 Å². The number of nitro benzene ring substituents is 1. The molecule has 2 rings (SSSR count). The van der Waals surface area contributed by atoms with Crippen LogP contribution in [0.15, 0.2) is 48.6 Å². The van der Waals surface area contributed by atoms with E-state index in [-0.39, 0.29) is 11.6 Å². The van der Waals surface area contributed by atoms with E-state index < -0.39 is 4.92 Å². The molecule has 82 valence electrons. The van der Waals surface area contributed by atoms with Gasteiger partial charge in [0.05, 0.1) is 11.2 Å². The molecule has 0 fully saturated rings. The van der Waals surface area contributed by atoms with Crippen LogP contribution in [0.5, 0.6) is 0 Å². The van der Waals surface area contributed by atoms with E-state index >= 15 is 0 Å². The Kier molecular flexibility index (Phi) is 2.59. The molecule has 0 spiro atoms. The van der Waals surface area contributed by atoms with Crippen molar-refractivity contribution in [2.75, 3.05) is 0 Å². The zero-order chi connectivity index (χ0) is 11.5. The molecule has 1 atom stereocenters. The van der Waals surface area contributed by atoms with Crippen LogP contribution in [0.2, 0.25) is 0 Å². The second kappa shape index (κ2) is 4.06. The van der Waals surface area contributed by atoms with Gasteiger partial charge in [-0.15, -0.1) is 0 Å². The molecule has 0 bridgehead atoms. The first-order valence-electron chi connectivity index (χ1n) is 4.72. The number of allylic oxidation sites excluding steroid dienone is 2. The second-order valence-corrected chi connectivity index (χ2v) is 3.39. The highest BCUT2D eigenvalue weighted by atomic mass is 16.6. The topological polar surface area (TPSA) is 78.4 Å². The number of nitro groups is 1. The summed E-state index contributed by atoms with van der Waals surface area (Å²) in [6.45, 7) is 0. The Hall–Kier alpha value is -2.30. The highest BCUT2D eigenvalue weighted by Crippen LogP contribution is 2.25. The SMILES string of the molecule is NC1=C[C@H](c2cccc([N+](=O)[O-])c2)C=CO1. The van der Waals surface area contributed by atoms with Crippen LogP contribution in [-0.4, -0.2) is 4.92 Å². The fourth-order valence-corrected chi connectivity index (χ4v) is 1.53. The van der Waals surface area contributed by atoms with Crippen LogP contribution in [0.4, 0.5) is 5.69 Å². The maximum absolute atomic E-state index is 10.6. The summed E-state index contributed by atoms with van der Waals surface area (Å²) < 4.78 is 4.93. The average Bonchev–Trinajstić information content (AvgIpc) is 2.29. The van der Waals surface area contributed by atoms with Crippen LogP contribution in [-0.2, 0) is 4.74 Å². The quantitative estimate of drug-likeness (QED) is 0.608. The van der Waals surface area contributed by atoms with Crippen molar-refractivity contribution < 1.29 is 9.66 Å². The molecule has 0 aromatic heterocycles. The molecule has 0 aliphatic carbocycles. The number of benzene rings is 1. The van der Waals surface area contributed by atoms with Gasteiger partial charge in [-0.2, -0.15) is 0 Å². The minimum Gasteiger partial charge on any atom is -0.450 e. The first-order chi connectivity index (χ1) is 7.66. The van der Waals surface area contributed by atoms with Gasteiger partial charge in [0.25, 0.3) is 5.69 Å². The molecule has 0 saturated carbocycles. The molecule has 1 heterocycles. The van der Waals surface area contributed by atoms with Gasteiger partial charge in [-0.1, -0.05) is 12.1 Å². The van der Waals surface area contributed by atoms with Gasteiger partial charge in [-0.3, -0.25) is 10.1 Å². The van der Waals surface area contributed by atoms with Crippen molar-refractivity contribution >= 4 is 5.69 Å². The molecule has 1 aliphatic rings. The molecule has 5 nitrogen and oxygen atoms in total. The smallest absolute Gasteiger partial charge is 0.269 e. The van der Waals surface area contributed by atoms with Crippen LogP contribution in [0, 0.1) is 10.1 Å². The lowest BCUT2D eigenvalue weighted by Crippen LogP contribution is -2.06. The summed E-state index contributed by atoms with van der Waals surface area (Å²) >= 11 is 0. The summed E-state index contributed by atoms with van der Waals surface area (Å²) in [6.07, 6.45) is 4.98. The standard InChI is InChI=1S/C11H10N2O3/c12-11-7-9(4-5-16-11)8-2-1-3-10(6-8)13(14)15/h1-7,9H,12H2/t9-/m1/s1. The van der Waals surface area contributed by atoms with Crippen LogP contribution in [0.3, 0.4) is 0 Å². The van der Waals surface area contributed by atoms with Gasteiger partial charge in [0, 0.05) is 18.1 Å². The molecular formula is C11H10N2O3. The molecular weight excluding hydrogens is 208 g/mol. The van der Waals surface area contributed by atoms with E-state index in [2.05, 4.69) is 0 Å². The Morgan fingerprint density at radius 3 is 2.94 bits per heavy atom. The van der Waals surface area contributed by atoms with Crippen LogP contribution < -0.4 is 5.73 Å². The fourth-order valence-electron chi connectivity index (χ4n) is 1.53. The van der Waals surface area contributed by atoms with Crippen molar-refractivity contribution in [3.05, 3.63) is 64.2 Å². The molecule has 1 aliphatic heterocycles. The number of hydrogen-bond acceptors (Lipinski definition) is 4. The highest BCUT2D eigenvalue weighted by Gasteiger charge is 2.13. The third-order valence-electron chi connectivity index (χ3n) is 2.30. The van der Waals surface area contributed by atoms with E-state index in [4.69, 9.17) is 10.5 Å². The zero-order valence-corrected chi connectivity index (χ0v) is 8.37. The fraction of sp³-hybridized carbons (Fsp3) is 0.0909. The molecule has 0 saturated heterocycles. The molecule has 1 aromatic rings. The maximum atomic E-state index is 10.6. The lowest BCUT2D eigenvalue weighted by Gasteiger charge is -2.13. The second-order valence-electron chi connectivity index (χ2n) is 3.39. The Balaban J connectivity index is 2.33. The molecule has 16 heavy (non-hydrogen) atoms. The Morgan fingerprint density at radius 1 is 1.44 bits per heavy atom. The predicted molar refractivity (Wildman–Crippen MR) is 58.3 cm³/mol. The van der Waals surface area contributed by atoms with Gasteiger partial charge in [-0.25, -0.2) is 0 Å². The maximum Gasteiger partial charge on any atom is 0.269 e. The third-order valence-corrected chi connectivity index (χ3v) is 2.30. The first kappa shape index (κ1) is 10.2. The van der Waals surface area contributed by atoms with Crippen molar-refractivity contribution in [2.24, 2.45) is 5.73 Å². The van der Waals surface area contributed by atoms with Crippen molar-refractivity contribution in [3.63, 3.8) is 0 Å². The van der Waals surface area contributed by atoms with Gasteiger partial charge in [-0.05, 0) is 17.7 Å². The number of hydrogen-bond donors (Lipinski definition) is 1. The van der Waals surface area contributed by atoms with Gasteiger partial charge in [0.1, 0.15) is 0 Å². The van der Waals surface area contributed by atoms with E-state index in [9.17, 15) is 10.1 Å². The summed E-state index contributed by atoms with van der Waals surface area (Å²) in [4.78, 5) is 10.2. The van der Waals surface area contributed by atoms with Crippen molar-refractivity contribution in [1.29, 1.82) is 0 Å². The number of rotatable bonds is 2. The molecule has 1 aromatic carbocycles. The van der Waals surface area contributed by atoms with Crippen molar-refractivity contribution in [3.8, 4) is 0 Å². The summed E-state index contributed by atoms with van der Waals surface area (Å²) in [5, 5.41) is 10.6. The summed E-state index contributed by atoms with van der Waals surface area (Å²) in [5.41, 5.74) is 6.40. The van der Waals surface area contributed by atoms with E-state index in [1.165, 1.54) is 18.4 Å². The minimum absolute atomic E-state index is 0.0735. The van der Waals surface area contributed by atoms with Crippen molar-refractivity contribution in [2.45, 2.75) is 5.92 Å². The van der Waals surface area contributed by atoms with E-state index in [0.29, 0.717) is 5.88 Å². The Bertz CT molecular complexity index is 480. The van der Waals surface area contributed by atoms with E-state index in [0.717, 1.165) is 5.56 Å². The lowest BCUT2D eigenvalue weighted by atomic mass is 9.98. The van der Waals surface area contributed by atoms with Crippen LogP contribution >= 0.6 is 0 Å². The Morgan fingerprint density at radius 2 is 2.25 bits per heavy atom. The largest absolute Gasteiger partial charge is 0.450 e. The number of nitrogens with two attached hydrogens (primary N) is 1. The van der Waals surface area contributed by atoms with Crippen LogP contribution in [0.1, 0.15) is 11.5 Å². The van der Waals surface area contributed by atoms with Gasteiger partial charge < -0.3 is 10.5 Å². The number of ether oxygens (including phenoxy) is 1. The monoisotopic (exact) mass is 218 g/mol. The molecule has 0 unspecified atom stereocenters. The highest BCUT2D eigenvalue weighted by molar-refractivity contribution is 5.40. The van der Waals surface area contributed by atoms with Gasteiger partial charge >= 0.3 is 0 Å². The van der Waals surface area contributed by atoms with Gasteiger partial charge in [0.2, 0.25) is 0 Å². The molecule has 2 N–H and O–H groups in total. The number of nitrogens with zero attached hydrogens (tertiary/aromatic N) is 1. The normalized spacial score (nSPS) is 18.8. The summed E-state index contributed by atoms with van der Waals surface area (Å²) in [6, 6.07) is 6.46. The zero-order valence-electron chi connectivity index (χ0n) is 8.37. The molecule has 0 radical (unpaired) electrons. The van der Waals surface area contributed by atoms with E-state index in [1.54, 1.807) is 18.2 Å². The number of non-ortho nitro benzene ring substituents is 1. The summed E-state index contributed by atoms with van der Waals surface area (Å²) in [7, 11) is 0. The Labute approximate surface area is 92.0 Å². The first-order valence-corrected chi connectivity index (χ1v) is 4.72. The predicted octanol–water partition coefficient (Wildman–Crippen LogP) is 2.02. The molecule has 5 heteroatoms. The minimum atomic E-state index is -0.417. The van der Waals surface area contributed by atoms with Crippen molar-refractivity contribution in [1.82, 2.24) is 0 Å². The van der Waals surface area contributed by atoms with Gasteiger partial charge in [0.15, 0.2) is 5.88 Å². The van der Waals surface area contributed by atoms with E-state index in [1.807, 2.05) is 6.07 Å².